The molecule has 0 bridgehead atoms. The molecule has 0 amide bonds. The molecule has 32 heavy (non-hydrogen) atoms. The second kappa shape index (κ2) is 21.8. The van der Waals surface area contributed by atoms with Crippen molar-refractivity contribution in [3.8, 4) is 0 Å². The molecule has 0 aliphatic heterocycles. The van der Waals surface area contributed by atoms with E-state index >= 15 is 0 Å². The minimum atomic E-state index is -0.335. The molecule has 4 nitrogen and oxygen atoms in total. The molecule has 0 radical (unpaired) electrons. The van der Waals surface area contributed by atoms with Crippen LogP contribution >= 0.6 is 0 Å². The van der Waals surface area contributed by atoms with Gasteiger partial charge in [0.05, 0.1) is 11.8 Å². The number of carbonyl (C=O) groups is 2. The lowest BCUT2D eigenvalue weighted by atomic mass is 9.95. The first kappa shape index (κ1) is 30.9. The summed E-state index contributed by atoms with van der Waals surface area (Å²) in [7, 11) is 0. The van der Waals surface area contributed by atoms with Crippen molar-refractivity contribution in [2.75, 3.05) is 6.61 Å². The van der Waals surface area contributed by atoms with Gasteiger partial charge in [0.25, 0.3) is 0 Å². The lowest BCUT2D eigenvalue weighted by molar-refractivity contribution is -0.165. The van der Waals surface area contributed by atoms with Crippen LogP contribution in [0.5, 0.6) is 0 Å². The standard InChI is InChI=1S/C28H54O4/c1-6-11-15-19-24(20-16-12-7-2)27(29)31-23-26(10-5)32-28(30)25(21-17-13-8-3)22-18-14-9-4/h24-26H,6-23H2,1-5H3. The smallest absolute Gasteiger partial charge is 0.309 e. The van der Waals surface area contributed by atoms with Crippen LogP contribution in [0.15, 0.2) is 0 Å². The molecule has 0 rings (SSSR count). The summed E-state index contributed by atoms with van der Waals surface area (Å²) >= 11 is 0. The zero-order chi connectivity index (χ0) is 24.0. The quantitative estimate of drug-likeness (QED) is 0.122. The van der Waals surface area contributed by atoms with E-state index in [-0.39, 0.29) is 36.5 Å². The summed E-state index contributed by atoms with van der Waals surface area (Å²) in [5, 5.41) is 0. The zero-order valence-electron chi connectivity index (χ0n) is 22.1. The number of hydrogen-bond donors (Lipinski definition) is 0. The molecule has 0 saturated heterocycles. The number of unbranched alkanes of at least 4 members (excludes halogenated alkanes) is 8. The molecule has 0 spiro atoms. The first-order valence-corrected chi connectivity index (χ1v) is 13.9. The molecule has 0 N–H and O–H groups in total. The number of esters is 2. The van der Waals surface area contributed by atoms with Gasteiger partial charge < -0.3 is 9.47 Å². The van der Waals surface area contributed by atoms with Crippen molar-refractivity contribution in [3.63, 3.8) is 0 Å². The Hall–Kier alpha value is -1.06. The van der Waals surface area contributed by atoms with Crippen LogP contribution in [-0.4, -0.2) is 24.6 Å². The fraction of sp³-hybridized carbons (Fsp3) is 0.929. The third-order valence-corrected chi connectivity index (χ3v) is 6.44. The number of ether oxygens (including phenoxy) is 2. The monoisotopic (exact) mass is 454 g/mol. The third-order valence-electron chi connectivity index (χ3n) is 6.44. The summed E-state index contributed by atoms with van der Waals surface area (Å²) in [5.74, 6) is -0.234. The fourth-order valence-electron chi connectivity index (χ4n) is 4.11. The highest BCUT2D eigenvalue weighted by molar-refractivity contribution is 5.73. The lowest BCUT2D eigenvalue weighted by Gasteiger charge is -2.22. The van der Waals surface area contributed by atoms with Crippen LogP contribution in [0.2, 0.25) is 0 Å². The maximum Gasteiger partial charge on any atom is 0.309 e. The van der Waals surface area contributed by atoms with Crippen molar-refractivity contribution in [1.29, 1.82) is 0 Å². The Morgan fingerprint density at radius 3 is 1.28 bits per heavy atom. The second-order valence-corrected chi connectivity index (χ2v) is 9.47. The summed E-state index contributed by atoms with van der Waals surface area (Å²) < 4.78 is 11.5. The Balaban J connectivity index is 4.72. The predicted molar refractivity (Wildman–Crippen MR) is 135 cm³/mol. The summed E-state index contributed by atoms with van der Waals surface area (Å²) in [5.41, 5.74) is 0. The largest absolute Gasteiger partial charge is 0.462 e. The van der Waals surface area contributed by atoms with Gasteiger partial charge in [0, 0.05) is 0 Å². The van der Waals surface area contributed by atoms with Crippen molar-refractivity contribution in [2.24, 2.45) is 11.8 Å². The summed E-state index contributed by atoms with van der Waals surface area (Å²) in [6.45, 7) is 10.9. The summed E-state index contributed by atoms with van der Waals surface area (Å²) in [6, 6.07) is 0. The number of carbonyl (C=O) groups excluding carboxylic acids is 2. The van der Waals surface area contributed by atoms with E-state index in [1.807, 2.05) is 6.92 Å². The first-order chi connectivity index (χ1) is 15.5. The normalized spacial score (nSPS) is 12.3. The van der Waals surface area contributed by atoms with E-state index in [4.69, 9.17) is 9.47 Å². The van der Waals surface area contributed by atoms with E-state index in [1.165, 1.54) is 0 Å². The Kier molecular flexibility index (Phi) is 21.0. The topological polar surface area (TPSA) is 52.6 Å². The zero-order valence-corrected chi connectivity index (χ0v) is 22.1. The van der Waals surface area contributed by atoms with Crippen LogP contribution in [0, 0.1) is 11.8 Å². The van der Waals surface area contributed by atoms with Crippen LogP contribution < -0.4 is 0 Å². The summed E-state index contributed by atoms with van der Waals surface area (Å²) in [4.78, 5) is 25.6. The molecule has 4 heteroatoms. The van der Waals surface area contributed by atoms with Gasteiger partial charge in [-0.3, -0.25) is 9.59 Å². The van der Waals surface area contributed by atoms with Gasteiger partial charge in [0.15, 0.2) is 0 Å². The lowest BCUT2D eigenvalue weighted by Crippen LogP contribution is -2.30. The highest BCUT2D eigenvalue weighted by atomic mass is 16.6. The SMILES string of the molecule is CCCCCC(CCCCC)C(=O)OCC(CC)OC(=O)C(CCCCC)CCCCC. The van der Waals surface area contributed by atoms with Gasteiger partial charge in [-0.2, -0.15) is 0 Å². The Labute approximate surface area is 199 Å². The van der Waals surface area contributed by atoms with Gasteiger partial charge >= 0.3 is 11.9 Å². The second-order valence-electron chi connectivity index (χ2n) is 9.47. The minimum Gasteiger partial charge on any atom is -0.462 e. The van der Waals surface area contributed by atoms with Crippen molar-refractivity contribution in [1.82, 2.24) is 0 Å². The van der Waals surface area contributed by atoms with Crippen LogP contribution in [0.1, 0.15) is 144 Å². The van der Waals surface area contributed by atoms with E-state index in [0.717, 1.165) is 103 Å². The molecule has 0 aromatic carbocycles. The molecule has 1 unspecified atom stereocenters. The van der Waals surface area contributed by atoms with Gasteiger partial charge in [0.2, 0.25) is 0 Å². The molecule has 190 valence electrons. The van der Waals surface area contributed by atoms with Gasteiger partial charge in [0.1, 0.15) is 12.7 Å². The molecule has 0 saturated carbocycles. The van der Waals surface area contributed by atoms with Crippen LogP contribution in [-0.2, 0) is 19.1 Å². The number of hydrogen-bond acceptors (Lipinski definition) is 4. The van der Waals surface area contributed by atoms with Crippen LogP contribution in [0.3, 0.4) is 0 Å². The van der Waals surface area contributed by atoms with E-state index in [2.05, 4.69) is 27.7 Å². The first-order valence-electron chi connectivity index (χ1n) is 13.9. The van der Waals surface area contributed by atoms with Crippen molar-refractivity contribution < 1.29 is 19.1 Å². The molecule has 0 aromatic heterocycles. The molecule has 0 aliphatic carbocycles. The fourth-order valence-corrected chi connectivity index (χ4v) is 4.11. The Bertz CT molecular complexity index is 429. The maximum absolute atomic E-state index is 12.9. The molecular weight excluding hydrogens is 400 g/mol. The van der Waals surface area contributed by atoms with Crippen molar-refractivity contribution >= 4 is 11.9 Å². The third kappa shape index (κ3) is 15.7. The van der Waals surface area contributed by atoms with Gasteiger partial charge in [-0.1, -0.05) is 112 Å². The predicted octanol–water partition coefficient (Wildman–Crippen LogP) is 8.41. The summed E-state index contributed by atoms with van der Waals surface area (Å²) in [6.07, 6.45) is 17.5. The van der Waals surface area contributed by atoms with E-state index in [0.29, 0.717) is 6.42 Å². The highest BCUT2D eigenvalue weighted by Gasteiger charge is 2.25. The minimum absolute atomic E-state index is 0.0165. The van der Waals surface area contributed by atoms with E-state index in [9.17, 15) is 9.59 Å². The van der Waals surface area contributed by atoms with Crippen LogP contribution in [0.4, 0.5) is 0 Å². The molecule has 0 fully saturated rings. The maximum atomic E-state index is 12.9. The van der Waals surface area contributed by atoms with Crippen LogP contribution in [0.25, 0.3) is 0 Å². The molecular formula is C28H54O4. The van der Waals surface area contributed by atoms with Gasteiger partial charge in [-0.15, -0.1) is 0 Å². The van der Waals surface area contributed by atoms with E-state index in [1.54, 1.807) is 0 Å². The molecule has 0 heterocycles. The molecule has 0 aromatic rings. The number of rotatable bonds is 22. The molecule has 0 aliphatic rings. The average molecular weight is 455 g/mol. The Morgan fingerprint density at radius 2 is 0.938 bits per heavy atom. The van der Waals surface area contributed by atoms with E-state index < -0.39 is 0 Å². The van der Waals surface area contributed by atoms with Gasteiger partial charge in [-0.05, 0) is 32.1 Å². The molecule has 1 atom stereocenters. The van der Waals surface area contributed by atoms with Crippen molar-refractivity contribution in [3.05, 3.63) is 0 Å². The highest BCUT2D eigenvalue weighted by Crippen LogP contribution is 2.22. The average Bonchev–Trinajstić information content (AvgIpc) is 2.79. The van der Waals surface area contributed by atoms with Gasteiger partial charge in [-0.25, -0.2) is 0 Å². The van der Waals surface area contributed by atoms with Crippen molar-refractivity contribution in [2.45, 2.75) is 150 Å². The Morgan fingerprint density at radius 1 is 0.562 bits per heavy atom.